The van der Waals surface area contributed by atoms with E-state index in [1.165, 1.54) is 32.1 Å². The van der Waals surface area contributed by atoms with Gasteiger partial charge in [-0.3, -0.25) is 4.79 Å². The van der Waals surface area contributed by atoms with Crippen molar-refractivity contribution in [1.82, 2.24) is 4.98 Å². The van der Waals surface area contributed by atoms with Crippen LogP contribution in [0.1, 0.15) is 51.6 Å². The van der Waals surface area contributed by atoms with E-state index in [4.69, 9.17) is 27.6 Å². The summed E-state index contributed by atoms with van der Waals surface area (Å²) in [5.41, 5.74) is 2.79. The minimum atomic E-state index is -0.0971. The minimum absolute atomic E-state index is 0.0394. The molecule has 1 fully saturated rings. The Morgan fingerprint density at radius 1 is 1.04 bits per heavy atom. The van der Waals surface area contributed by atoms with E-state index in [1.54, 1.807) is 30.5 Å². The van der Waals surface area contributed by atoms with Crippen LogP contribution in [0.15, 0.2) is 39.7 Å². The highest BCUT2D eigenvalue weighted by Crippen LogP contribution is 2.40. The molecule has 4 rings (SSSR count). The summed E-state index contributed by atoms with van der Waals surface area (Å²) >= 11 is 12.3. The van der Waals surface area contributed by atoms with E-state index < -0.39 is 0 Å². The van der Waals surface area contributed by atoms with Crippen LogP contribution in [-0.2, 0) is 5.41 Å². The van der Waals surface area contributed by atoms with Crippen molar-refractivity contribution >= 4 is 34.3 Å². The van der Waals surface area contributed by atoms with Crippen molar-refractivity contribution in [2.75, 3.05) is 0 Å². The van der Waals surface area contributed by atoms with Crippen LogP contribution in [0.25, 0.3) is 22.2 Å². The number of H-pyrrole nitrogens is 1. The largest absolute Gasteiger partial charge is 0.447 e. The van der Waals surface area contributed by atoms with Gasteiger partial charge in [-0.2, -0.15) is 0 Å². The zero-order valence-corrected chi connectivity index (χ0v) is 17.1. The zero-order valence-electron chi connectivity index (χ0n) is 15.6. The summed E-state index contributed by atoms with van der Waals surface area (Å²) in [6.45, 7) is 4.45. The maximum atomic E-state index is 13.0. The molecule has 0 unspecified atom stereocenters. The Labute approximate surface area is 168 Å². The highest BCUT2D eigenvalue weighted by Gasteiger charge is 2.33. The highest BCUT2D eigenvalue weighted by molar-refractivity contribution is 6.35. The molecule has 0 saturated heterocycles. The molecule has 0 spiro atoms. The predicted molar refractivity (Wildman–Crippen MR) is 112 cm³/mol. The molecule has 2 aromatic heterocycles. The van der Waals surface area contributed by atoms with Gasteiger partial charge >= 0.3 is 0 Å². The molecule has 0 radical (unpaired) electrons. The number of fused-ring (bicyclic) bond motifs is 1. The van der Waals surface area contributed by atoms with Crippen LogP contribution >= 0.6 is 23.2 Å². The second kappa shape index (κ2) is 7.03. The summed E-state index contributed by atoms with van der Waals surface area (Å²) in [5, 5.41) is 1.59. The molecule has 27 heavy (non-hydrogen) atoms. The molecule has 3 nitrogen and oxygen atoms in total. The van der Waals surface area contributed by atoms with Crippen molar-refractivity contribution in [3.8, 4) is 11.1 Å². The lowest BCUT2D eigenvalue weighted by atomic mass is 9.69. The first-order valence-electron chi connectivity index (χ1n) is 9.48. The van der Waals surface area contributed by atoms with Crippen LogP contribution in [0.3, 0.4) is 0 Å². The molecule has 0 aliphatic heterocycles. The molecule has 0 bridgehead atoms. The fourth-order valence-corrected chi connectivity index (χ4v) is 4.90. The molecule has 1 aliphatic carbocycles. The van der Waals surface area contributed by atoms with Gasteiger partial charge in [0.1, 0.15) is 6.26 Å². The third-order valence-electron chi connectivity index (χ3n) is 6.05. The van der Waals surface area contributed by atoms with Crippen molar-refractivity contribution in [2.45, 2.75) is 51.4 Å². The van der Waals surface area contributed by atoms with Gasteiger partial charge in [0, 0.05) is 32.8 Å². The number of rotatable bonds is 3. The SMILES string of the molecule is CC(C)(c1cc(=O)c2c(-c3cc(Cl)cc(Cl)c3)coc2[nH]1)C1CCCCC1. The number of pyridine rings is 1. The number of halogens is 2. The monoisotopic (exact) mass is 403 g/mol. The Morgan fingerprint density at radius 3 is 2.37 bits per heavy atom. The van der Waals surface area contributed by atoms with Crippen LogP contribution in [0.4, 0.5) is 0 Å². The topological polar surface area (TPSA) is 46.0 Å². The third kappa shape index (κ3) is 3.43. The van der Waals surface area contributed by atoms with E-state index >= 15 is 0 Å². The van der Waals surface area contributed by atoms with Crippen molar-refractivity contribution in [2.24, 2.45) is 5.92 Å². The molecule has 142 valence electrons. The lowest BCUT2D eigenvalue weighted by Crippen LogP contribution is -2.32. The van der Waals surface area contributed by atoms with E-state index in [2.05, 4.69) is 18.8 Å². The Morgan fingerprint density at radius 2 is 1.70 bits per heavy atom. The van der Waals surface area contributed by atoms with Crippen molar-refractivity contribution in [3.05, 3.63) is 56.5 Å². The smallest absolute Gasteiger partial charge is 0.208 e. The van der Waals surface area contributed by atoms with Crippen molar-refractivity contribution < 1.29 is 4.42 Å². The first-order chi connectivity index (χ1) is 12.9. The van der Waals surface area contributed by atoms with Gasteiger partial charge in [-0.05, 0) is 42.5 Å². The van der Waals surface area contributed by atoms with Gasteiger partial charge in [-0.1, -0.05) is 56.3 Å². The first kappa shape index (κ1) is 18.6. The Balaban J connectivity index is 1.81. The van der Waals surface area contributed by atoms with Crippen LogP contribution in [0, 0.1) is 5.92 Å². The van der Waals surface area contributed by atoms with E-state index in [0.29, 0.717) is 32.6 Å². The first-order valence-corrected chi connectivity index (χ1v) is 10.2. The zero-order chi connectivity index (χ0) is 19.2. The quantitative estimate of drug-likeness (QED) is 0.513. The average molecular weight is 404 g/mol. The molecular formula is C22H23Cl2NO2. The highest BCUT2D eigenvalue weighted by atomic mass is 35.5. The standard InChI is InChI=1S/C22H23Cl2NO2/c1-22(2,14-6-4-3-5-7-14)19-11-18(26)20-17(12-27-21(20)25-19)13-8-15(23)10-16(24)9-13/h8-12,14H,3-7H2,1-2H3,(H,25,26). The summed E-state index contributed by atoms with van der Waals surface area (Å²) < 4.78 is 5.75. The Bertz CT molecular complexity index is 1020. The fourth-order valence-electron chi connectivity index (χ4n) is 4.37. The van der Waals surface area contributed by atoms with Gasteiger partial charge in [0.05, 0.1) is 5.39 Å². The van der Waals surface area contributed by atoms with Gasteiger partial charge in [-0.15, -0.1) is 0 Å². The molecule has 2 heterocycles. The normalized spacial score (nSPS) is 16.1. The van der Waals surface area contributed by atoms with Gasteiger partial charge in [0.25, 0.3) is 0 Å². The average Bonchev–Trinajstić information content (AvgIpc) is 3.06. The number of furan rings is 1. The van der Waals surface area contributed by atoms with E-state index in [0.717, 1.165) is 11.3 Å². The second-order valence-electron chi connectivity index (χ2n) is 8.12. The minimum Gasteiger partial charge on any atom is -0.447 e. The van der Waals surface area contributed by atoms with Crippen LogP contribution in [0.5, 0.6) is 0 Å². The van der Waals surface area contributed by atoms with Crippen LogP contribution in [-0.4, -0.2) is 4.98 Å². The summed E-state index contributed by atoms with van der Waals surface area (Å²) in [4.78, 5) is 16.4. The maximum absolute atomic E-state index is 13.0. The Kier molecular flexibility index (Phi) is 4.85. The van der Waals surface area contributed by atoms with Crippen LogP contribution in [0.2, 0.25) is 10.0 Å². The maximum Gasteiger partial charge on any atom is 0.208 e. The number of hydrogen-bond acceptors (Lipinski definition) is 2. The molecule has 5 heteroatoms. The summed E-state index contributed by atoms with van der Waals surface area (Å²) in [6, 6.07) is 6.99. The Hall–Kier alpha value is -1.71. The van der Waals surface area contributed by atoms with E-state index in [9.17, 15) is 4.79 Å². The van der Waals surface area contributed by atoms with Gasteiger partial charge < -0.3 is 9.40 Å². The molecule has 1 aromatic carbocycles. The summed E-state index contributed by atoms with van der Waals surface area (Å²) in [6.07, 6.45) is 7.85. The number of nitrogens with one attached hydrogen (secondary N) is 1. The lowest BCUT2D eigenvalue weighted by Gasteiger charge is -2.37. The molecule has 3 aromatic rings. The fraction of sp³-hybridized carbons (Fsp3) is 0.409. The van der Waals surface area contributed by atoms with E-state index in [-0.39, 0.29) is 10.8 Å². The predicted octanol–water partition coefficient (Wildman–Crippen LogP) is 6.95. The van der Waals surface area contributed by atoms with Crippen molar-refractivity contribution in [3.63, 3.8) is 0 Å². The number of aromatic amines is 1. The van der Waals surface area contributed by atoms with Gasteiger partial charge in [0.15, 0.2) is 5.43 Å². The molecule has 1 saturated carbocycles. The third-order valence-corrected chi connectivity index (χ3v) is 6.49. The number of aromatic nitrogens is 1. The lowest BCUT2D eigenvalue weighted by molar-refractivity contribution is 0.231. The molecule has 1 aliphatic rings. The number of benzene rings is 1. The second-order valence-corrected chi connectivity index (χ2v) is 8.99. The summed E-state index contributed by atoms with van der Waals surface area (Å²) in [5.74, 6) is 0.570. The molecule has 0 atom stereocenters. The van der Waals surface area contributed by atoms with E-state index in [1.807, 2.05) is 0 Å². The molecular weight excluding hydrogens is 381 g/mol. The molecule has 1 N–H and O–H groups in total. The summed E-state index contributed by atoms with van der Waals surface area (Å²) in [7, 11) is 0. The van der Waals surface area contributed by atoms with Gasteiger partial charge in [-0.25, -0.2) is 0 Å². The van der Waals surface area contributed by atoms with Crippen LogP contribution < -0.4 is 5.43 Å². The van der Waals surface area contributed by atoms with Gasteiger partial charge in [0.2, 0.25) is 5.71 Å². The number of hydrogen-bond donors (Lipinski definition) is 1. The molecule has 0 amide bonds. The van der Waals surface area contributed by atoms with Crippen molar-refractivity contribution in [1.29, 1.82) is 0 Å².